The molecule has 0 aliphatic heterocycles. The molecule has 1 aromatic heterocycles. The summed E-state index contributed by atoms with van der Waals surface area (Å²) < 4.78 is 8.46. The maximum atomic E-state index is 6.47. The largest absolute Gasteiger partial charge is 0.372 e. The van der Waals surface area contributed by atoms with Crippen LogP contribution in [0, 0.1) is 52.3 Å². The van der Waals surface area contributed by atoms with E-state index in [0.717, 1.165) is 60.1 Å². The Morgan fingerprint density at radius 2 is 1.74 bits per heavy atom. The van der Waals surface area contributed by atoms with Crippen molar-refractivity contribution in [2.24, 2.45) is 52.3 Å². The number of aromatic nitrogens is 3. The number of ether oxygens (including phenoxy) is 1. The topological polar surface area (TPSA) is 39.9 Å². The van der Waals surface area contributed by atoms with Crippen LogP contribution in [0.3, 0.4) is 0 Å². The van der Waals surface area contributed by atoms with Crippen LogP contribution in [0.4, 0.5) is 0 Å². The monoisotopic (exact) mass is 525 g/mol. The predicted octanol–water partition coefficient (Wildman–Crippen LogP) is 9.08. The van der Waals surface area contributed by atoms with Crippen molar-refractivity contribution >= 4 is 0 Å². The molecule has 0 amide bonds. The minimum Gasteiger partial charge on any atom is -0.372 e. The highest BCUT2D eigenvalue weighted by atomic mass is 16.5. The fraction of sp³-hybridized carbons (Fsp3) is 0.941. The van der Waals surface area contributed by atoms with Gasteiger partial charge in [-0.2, -0.15) is 0 Å². The van der Waals surface area contributed by atoms with Gasteiger partial charge in [-0.25, -0.2) is 0 Å². The van der Waals surface area contributed by atoms with Crippen LogP contribution in [0.25, 0.3) is 0 Å². The average Bonchev–Trinajstić information content (AvgIpc) is 3.49. The van der Waals surface area contributed by atoms with Gasteiger partial charge in [-0.1, -0.05) is 72.4 Å². The van der Waals surface area contributed by atoms with E-state index in [9.17, 15) is 0 Å². The number of hydrogen-bond donors (Lipinski definition) is 0. The second-order valence-corrected chi connectivity index (χ2v) is 15.2. The Morgan fingerprint density at radius 3 is 2.53 bits per heavy atom. The molecule has 0 N–H and O–H groups in total. The van der Waals surface area contributed by atoms with Crippen molar-refractivity contribution in [1.29, 1.82) is 0 Å². The van der Waals surface area contributed by atoms with E-state index in [4.69, 9.17) is 4.74 Å². The summed E-state index contributed by atoms with van der Waals surface area (Å²) in [4.78, 5) is 0. The SMILES string of the molecule is CCCCn1cc(CO[C@H]2CC[C@@]3(C)C(CCC4C3CC[C@@]3(C)C4CCC3[C@H](C)CCCC(C)C)C2)nn1. The zero-order chi connectivity index (χ0) is 26.9. The Bertz CT molecular complexity index is 896. The molecule has 1 aromatic rings. The summed E-state index contributed by atoms with van der Waals surface area (Å²) in [6.07, 6.45) is 21.9. The Labute approximate surface area is 234 Å². The van der Waals surface area contributed by atoms with E-state index >= 15 is 0 Å². The van der Waals surface area contributed by atoms with E-state index in [1.807, 2.05) is 4.68 Å². The molecule has 1 heterocycles. The van der Waals surface area contributed by atoms with Crippen LogP contribution in [0.5, 0.6) is 0 Å². The van der Waals surface area contributed by atoms with Gasteiger partial charge in [-0.05, 0) is 116 Å². The highest BCUT2D eigenvalue weighted by molar-refractivity contribution is 5.10. The van der Waals surface area contributed by atoms with Gasteiger partial charge < -0.3 is 4.74 Å². The lowest BCUT2D eigenvalue weighted by molar-refractivity contribution is -0.138. The quantitative estimate of drug-likeness (QED) is 0.289. The Morgan fingerprint density at radius 1 is 0.947 bits per heavy atom. The Balaban J connectivity index is 1.16. The smallest absolute Gasteiger partial charge is 0.108 e. The highest BCUT2D eigenvalue weighted by Crippen LogP contribution is 2.68. The van der Waals surface area contributed by atoms with Crippen LogP contribution in [-0.2, 0) is 17.9 Å². The molecule has 4 saturated carbocycles. The summed E-state index contributed by atoms with van der Waals surface area (Å²) >= 11 is 0. The first-order valence-electron chi connectivity index (χ1n) is 16.7. The summed E-state index contributed by atoms with van der Waals surface area (Å²) in [6.45, 7) is 16.6. The molecule has 216 valence electrons. The van der Waals surface area contributed by atoms with Crippen molar-refractivity contribution in [2.45, 2.75) is 151 Å². The van der Waals surface area contributed by atoms with Gasteiger partial charge in [-0.3, -0.25) is 4.68 Å². The molecule has 38 heavy (non-hydrogen) atoms. The third-order valence-corrected chi connectivity index (χ3v) is 12.6. The lowest BCUT2D eigenvalue weighted by Crippen LogP contribution is -2.54. The molecular weight excluding hydrogens is 466 g/mol. The van der Waals surface area contributed by atoms with Crippen LogP contribution in [0.15, 0.2) is 6.20 Å². The van der Waals surface area contributed by atoms with Gasteiger partial charge in [-0.15, -0.1) is 5.10 Å². The first kappa shape index (κ1) is 28.6. The molecule has 4 nitrogen and oxygen atoms in total. The van der Waals surface area contributed by atoms with Gasteiger partial charge in [0.2, 0.25) is 0 Å². The average molecular weight is 526 g/mol. The van der Waals surface area contributed by atoms with Crippen molar-refractivity contribution in [3.63, 3.8) is 0 Å². The zero-order valence-corrected chi connectivity index (χ0v) is 25.8. The Hall–Kier alpha value is -0.900. The summed E-state index contributed by atoms with van der Waals surface area (Å²) in [5, 5.41) is 8.67. The third-order valence-electron chi connectivity index (χ3n) is 12.6. The molecule has 0 saturated heterocycles. The van der Waals surface area contributed by atoms with Gasteiger partial charge in [0.1, 0.15) is 5.69 Å². The lowest BCUT2D eigenvalue weighted by Gasteiger charge is -2.61. The predicted molar refractivity (Wildman–Crippen MR) is 157 cm³/mol. The standard InChI is InChI=1S/C34H59N3O/c1-7-8-20-37-22-27(35-36-37)23-38-28-16-18-33(5)26(21-28)12-13-29-31-15-14-30(25(4)11-9-10-24(2)3)34(31,6)19-17-32(29)33/h22,24-26,28-32H,7-21,23H2,1-6H3/t25-,26?,28+,29?,30?,31?,32?,33+,34-/m1/s1. The molecule has 5 rings (SSSR count). The van der Waals surface area contributed by atoms with E-state index in [0.29, 0.717) is 23.5 Å². The van der Waals surface area contributed by atoms with E-state index in [2.05, 4.69) is 58.1 Å². The fourth-order valence-corrected chi connectivity index (χ4v) is 10.4. The van der Waals surface area contributed by atoms with Crippen molar-refractivity contribution < 1.29 is 4.74 Å². The van der Waals surface area contributed by atoms with Crippen molar-refractivity contribution in [1.82, 2.24) is 15.0 Å². The Kier molecular flexibility index (Phi) is 8.97. The maximum absolute atomic E-state index is 6.47. The van der Waals surface area contributed by atoms with Gasteiger partial charge in [0.15, 0.2) is 0 Å². The van der Waals surface area contributed by atoms with Gasteiger partial charge >= 0.3 is 0 Å². The zero-order valence-electron chi connectivity index (χ0n) is 25.8. The first-order chi connectivity index (χ1) is 18.2. The molecule has 4 heteroatoms. The van der Waals surface area contributed by atoms with Gasteiger partial charge in [0.05, 0.1) is 18.9 Å². The molecule has 9 atom stereocenters. The lowest BCUT2D eigenvalue weighted by atomic mass is 9.44. The first-order valence-corrected chi connectivity index (χ1v) is 16.7. The molecule has 4 aliphatic carbocycles. The minimum atomic E-state index is 0.404. The van der Waals surface area contributed by atoms with E-state index < -0.39 is 0 Å². The molecule has 4 fully saturated rings. The second-order valence-electron chi connectivity index (χ2n) is 15.2. The van der Waals surface area contributed by atoms with Crippen molar-refractivity contribution in [3.05, 3.63) is 11.9 Å². The van der Waals surface area contributed by atoms with Crippen LogP contribution in [-0.4, -0.2) is 21.1 Å². The van der Waals surface area contributed by atoms with Crippen molar-refractivity contribution in [3.8, 4) is 0 Å². The van der Waals surface area contributed by atoms with E-state index in [-0.39, 0.29) is 0 Å². The number of aryl methyl sites for hydroxylation is 1. The van der Waals surface area contributed by atoms with E-state index in [1.54, 1.807) is 0 Å². The number of nitrogens with zero attached hydrogens (tertiary/aromatic N) is 3. The van der Waals surface area contributed by atoms with E-state index in [1.165, 1.54) is 83.5 Å². The second kappa shape index (κ2) is 11.9. The summed E-state index contributed by atoms with van der Waals surface area (Å²) in [5.74, 6) is 6.50. The highest BCUT2D eigenvalue weighted by Gasteiger charge is 2.60. The molecule has 0 bridgehead atoms. The summed E-state index contributed by atoms with van der Waals surface area (Å²) in [7, 11) is 0. The summed E-state index contributed by atoms with van der Waals surface area (Å²) in [5.41, 5.74) is 2.14. The summed E-state index contributed by atoms with van der Waals surface area (Å²) in [6, 6.07) is 0. The van der Waals surface area contributed by atoms with Crippen LogP contribution in [0.2, 0.25) is 0 Å². The molecule has 0 aromatic carbocycles. The molecule has 0 spiro atoms. The number of fused-ring (bicyclic) bond motifs is 5. The van der Waals surface area contributed by atoms with Crippen LogP contribution >= 0.6 is 0 Å². The van der Waals surface area contributed by atoms with Crippen LogP contribution in [0.1, 0.15) is 137 Å². The van der Waals surface area contributed by atoms with Gasteiger partial charge in [0, 0.05) is 6.54 Å². The van der Waals surface area contributed by atoms with Crippen molar-refractivity contribution in [2.75, 3.05) is 0 Å². The normalized spacial score (nSPS) is 39.6. The molecule has 5 unspecified atom stereocenters. The van der Waals surface area contributed by atoms with Crippen LogP contribution < -0.4 is 0 Å². The number of unbranched alkanes of at least 4 members (excludes halogenated alkanes) is 1. The number of hydrogen-bond acceptors (Lipinski definition) is 3. The number of rotatable bonds is 11. The van der Waals surface area contributed by atoms with Gasteiger partial charge in [0.25, 0.3) is 0 Å². The maximum Gasteiger partial charge on any atom is 0.108 e. The molecular formula is C34H59N3O. The molecule has 0 radical (unpaired) electrons. The minimum absolute atomic E-state index is 0.404. The third kappa shape index (κ3) is 5.64. The fourth-order valence-electron chi connectivity index (χ4n) is 10.4. The molecule has 4 aliphatic rings.